The highest BCUT2D eigenvalue weighted by atomic mass is 79.9. The van der Waals surface area contributed by atoms with Crippen molar-refractivity contribution < 1.29 is 13.9 Å². The predicted molar refractivity (Wildman–Crippen MR) is 83.9 cm³/mol. The molecule has 0 saturated carbocycles. The molecular formula is C15H12BrClFNO2. The summed E-state index contributed by atoms with van der Waals surface area (Å²) in [7, 11) is 0. The second kappa shape index (κ2) is 6.12. The van der Waals surface area contributed by atoms with Crippen LogP contribution in [-0.4, -0.2) is 13.2 Å². The van der Waals surface area contributed by atoms with Crippen LogP contribution in [0.4, 0.5) is 10.1 Å². The average molecular weight is 373 g/mol. The van der Waals surface area contributed by atoms with Crippen molar-refractivity contribution in [3.63, 3.8) is 0 Å². The van der Waals surface area contributed by atoms with Crippen LogP contribution < -0.4 is 14.8 Å². The molecule has 0 amide bonds. The van der Waals surface area contributed by atoms with Crippen LogP contribution in [0.15, 0.2) is 34.8 Å². The summed E-state index contributed by atoms with van der Waals surface area (Å²) in [4.78, 5) is 0. The van der Waals surface area contributed by atoms with Gasteiger partial charge in [-0.15, -0.1) is 0 Å². The molecule has 0 saturated heterocycles. The van der Waals surface area contributed by atoms with E-state index in [-0.39, 0.29) is 5.82 Å². The quantitative estimate of drug-likeness (QED) is 0.852. The Morgan fingerprint density at radius 1 is 1.19 bits per heavy atom. The van der Waals surface area contributed by atoms with Crippen LogP contribution in [0.1, 0.15) is 5.56 Å². The zero-order valence-electron chi connectivity index (χ0n) is 11.0. The molecule has 21 heavy (non-hydrogen) atoms. The van der Waals surface area contributed by atoms with E-state index in [9.17, 15) is 4.39 Å². The van der Waals surface area contributed by atoms with Crippen LogP contribution in [0.2, 0.25) is 5.02 Å². The van der Waals surface area contributed by atoms with Crippen molar-refractivity contribution >= 4 is 33.2 Å². The summed E-state index contributed by atoms with van der Waals surface area (Å²) >= 11 is 9.56. The highest BCUT2D eigenvalue weighted by molar-refractivity contribution is 9.10. The molecule has 2 aromatic carbocycles. The minimum Gasteiger partial charge on any atom is -0.486 e. The molecule has 1 aliphatic rings. The number of hydrogen-bond donors (Lipinski definition) is 1. The average Bonchev–Trinajstić information content (AvgIpc) is 2.48. The first kappa shape index (κ1) is 14.5. The monoisotopic (exact) mass is 371 g/mol. The van der Waals surface area contributed by atoms with E-state index in [2.05, 4.69) is 21.2 Å². The second-order valence-corrected chi connectivity index (χ2v) is 5.84. The number of benzene rings is 2. The van der Waals surface area contributed by atoms with Crippen molar-refractivity contribution in [3.05, 3.63) is 51.2 Å². The number of halogens is 3. The van der Waals surface area contributed by atoms with Gasteiger partial charge in [-0.1, -0.05) is 11.6 Å². The van der Waals surface area contributed by atoms with Crippen molar-refractivity contribution in [1.29, 1.82) is 0 Å². The number of anilines is 1. The molecule has 3 nitrogen and oxygen atoms in total. The summed E-state index contributed by atoms with van der Waals surface area (Å²) in [5, 5.41) is 3.68. The predicted octanol–water partition coefficient (Wildman–Crippen LogP) is 4.62. The summed E-state index contributed by atoms with van der Waals surface area (Å²) in [6, 6.07) is 8.18. The zero-order chi connectivity index (χ0) is 14.8. The molecule has 1 heterocycles. The molecule has 0 unspecified atom stereocenters. The fraction of sp³-hybridized carbons (Fsp3) is 0.200. The minimum absolute atomic E-state index is 0.291. The smallest absolute Gasteiger partial charge is 0.179 e. The Labute approximate surface area is 135 Å². The lowest BCUT2D eigenvalue weighted by molar-refractivity contribution is 0.171. The van der Waals surface area contributed by atoms with Gasteiger partial charge in [-0.2, -0.15) is 0 Å². The SMILES string of the molecule is Fc1ccc(Br)c(NCc2cc(Cl)c3c(c2)OCCO3)c1. The van der Waals surface area contributed by atoms with Gasteiger partial charge in [-0.3, -0.25) is 0 Å². The Bertz CT molecular complexity index is 681. The van der Waals surface area contributed by atoms with E-state index in [0.717, 1.165) is 10.0 Å². The number of ether oxygens (including phenoxy) is 2. The summed E-state index contributed by atoms with van der Waals surface area (Å²) in [5.74, 6) is 0.934. The Kier molecular flexibility index (Phi) is 4.22. The van der Waals surface area contributed by atoms with Gasteiger partial charge in [-0.25, -0.2) is 4.39 Å². The van der Waals surface area contributed by atoms with E-state index < -0.39 is 0 Å². The maximum atomic E-state index is 13.2. The largest absolute Gasteiger partial charge is 0.486 e. The standard InChI is InChI=1S/C15H12BrClFNO2/c16-11-2-1-10(18)7-13(11)19-8-9-5-12(17)15-14(6-9)20-3-4-21-15/h1-2,5-7,19H,3-4,8H2. The van der Waals surface area contributed by atoms with E-state index >= 15 is 0 Å². The van der Waals surface area contributed by atoms with Gasteiger partial charge in [0.1, 0.15) is 19.0 Å². The summed E-state index contributed by atoms with van der Waals surface area (Å²) in [6.45, 7) is 1.51. The van der Waals surface area contributed by atoms with Crippen LogP contribution in [0.3, 0.4) is 0 Å². The molecule has 0 spiro atoms. The molecule has 1 N–H and O–H groups in total. The number of hydrogen-bond acceptors (Lipinski definition) is 3. The molecule has 0 fully saturated rings. The normalized spacial score (nSPS) is 13.1. The lowest BCUT2D eigenvalue weighted by atomic mass is 10.2. The van der Waals surface area contributed by atoms with Crippen LogP contribution >= 0.6 is 27.5 Å². The van der Waals surface area contributed by atoms with Gasteiger partial charge in [0.05, 0.1) is 10.7 Å². The van der Waals surface area contributed by atoms with E-state index in [0.29, 0.717) is 42.0 Å². The maximum absolute atomic E-state index is 13.2. The Balaban J connectivity index is 1.79. The first-order valence-electron chi connectivity index (χ1n) is 6.40. The summed E-state index contributed by atoms with van der Waals surface area (Å²) < 4.78 is 25.0. The van der Waals surface area contributed by atoms with E-state index in [1.807, 2.05) is 12.1 Å². The van der Waals surface area contributed by atoms with Crippen LogP contribution in [0.25, 0.3) is 0 Å². The second-order valence-electron chi connectivity index (χ2n) is 4.58. The van der Waals surface area contributed by atoms with Crippen molar-refractivity contribution in [1.82, 2.24) is 0 Å². The minimum atomic E-state index is -0.291. The van der Waals surface area contributed by atoms with E-state index in [4.69, 9.17) is 21.1 Å². The first-order valence-corrected chi connectivity index (χ1v) is 7.57. The van der Waals surface area contributed by atoms with Crippen LogP contribution in [0, 0.1) is 5.82 Å². The first-order chi connectivity index (χ1) is 10.1. The lowest BCUT2D eigenvalue weighted by Crippen LogP contribution is -2.16. The van der Waals surface area contributed by atoms with Gasteiger partial charge in [-0.05, 0) is 51.8 Å². The molecule has 110 valence electrons. The fourth-order valence-corrected chi connectivity index (χ4v) is 2.77. The molecule has 6 heteroatoms. The third-order valence-electron chi connectivity index (χ3n) is 3.07. The highest BCUT2D eigenvalue weighted by Gasteiger charge is 2.16. The van der Waals surface area contributed by atoms with Crippen LogP contribution in [-0.2, 0) is 6.54 Å². The van der Waals surface area contributed by atoms with Gasteiger partial charge in [0, 0.05) is 11.0 Å². The molecule has 0 aliphatic carbocycles. The Hall–Kier alpha value is -1.46. The zero-order valence-corrected chi connectivity index (χ0v) is 13.3. The summed E-state index contributed by atoms with van der Waals surface area (Å²) in [5.41, 5.74) is 1.61. The van der Waals surface area contributed by atoms with Gasteiger partial charge in [0.25, 0.3) is 0 Å². The van der Waals surface area contributed by atoms with Crippen molar-refractivity contribution in [2.45, 2.75) is 6.54 Å². The van der Waals surface area contributed by atoms with Crippen molar-refractivity contribution in [3.8, 4) is 11.5 Å². The van der Waals surface area contributed by atoms with Crippen LogP contribution in [0.5, 0.6) is 11.5 Å². The molecular weight excluding hydrogens is 361 g/mol. The molecule has 0 atom stereocenters. The number of rotatable bonds is 3. The molecule has 1 aliphatic heterocycles. The van der Waals surface area contributed by atoms with E-state index in [1.54, 1.807) is 6.07 Å². The van der Waals surface area contributed by atoms with Gasteiger partial charge in [0.15, 0.2) is 11.5 Å². The van der Waals surface area contributed by atoms with E-state index in [1.165, 1.54) is 12.1 Å². The van der Waals surface area contributed by atoms with Gasteiger partial charge in [0.2, 0.25) is 0 Å². The Morgan fingerprint density at radius 2 is 2.00 bits per heavy atom. The van der Waals surface area contributed by atoms with Gasteiger partial charge < -0.3 is 14.8 Å². The van der Waals surface area contributed by atoms with Gasteiger partial charge >= 0.3 is 0 Å². The Morgan fingerprint density at radius 3 is 2.86 bits per heavy atom. The highest BCUT2D eigenvalue weighted by Crippen LogP contribution is 2.38. The third kappa shape index (κ3) is 3.24. The summed E-state index contributed by atoms with van der Waals surface area (Å²) in [6.07, 6.45) is 0. The maximum Gasteiger partial charge on any atom is 0.179 e. The topological polar surface area (TPSA) is 30.5 Å². The molecule has 2 aromatic rings. The lowest BCUT2D eigenvalue weighted by Gasteiger charge is -2.20. The number of nitrogens with one attached hydrogen (secondary N) is 1. The number of fused-ring (bicyclic) bond motifs is 1. The van der Waals surface area contributed by atoms with Crippen molar-refractivity contribution in [2.24, 2.45) is 0 Å². The third-order valence-corrected chi connectivity index (χ3v) is 4.04. The van der Waals surface area contributed by atoms with Crippen molar-refractivity contribution in [2.75, 3.05) is 18.5 Å². The molecule has 0 radical (unpaired) electrons. The molecule has 0 bridgehead atoms. The molecule has 0 aromatic heterocycles. The fourth-order valence-electron chi connectivity index (χ4n) is 2.10. The molecule has 3 rings (SSSR count).